The summed E-state index contributed by atoms with van der Waals surface area (Å²) >= 11 is 0. The average molecular weight is 433 g/mol. The normalized spacial score (nSPS) is 10.3. The molecule has 0 radical (unpaired) electrons. The molecule has 0 fully saturated rings. The summed E-state index contributed by atoms with van der Waals surface area (Å²) in [6, 6.07) is 19.9. The van der Waals surface area contributed by atoms with E-state index in [9.17, 15) is 9.59 Å². The van der Waals surface area contributed by atoms with Gasteiger partial charge in [-0.25, -0.2) is 0 Å². The van der Waals surface area contributed by atoms with Crippen LogP contribution in [0.2, 0.25) is 0 Å². The number of anilines is 2. The lowest BCUT2D eigenvalue weighted by atomic mass is 10.0. The Morgan fingerprint density at radius 2 is 1.38 bits per heavy atom. The number of aryl methyl sites for hydroxylation is 2. The van der Waals surface area contributed by atoms with Gasteiger partial charge < -0.3 is 20.1 Å². The van der Waals surface area contributed by atoms with Crippen LogP contribution in [0.25, 0.3) is 0 Å². The maximum absolute atomic E-state index is 12.8. The van der Waals surface area contributed by atoms with Gasteiger partial charge in [0.05, 0.1) is 7.11 Å². The maximum atomic E-state index is 12.8. The molecule has 0 aromatic heterocycles. The van der Waals surface area contributed by atoms with Crippen molar-refractivity contribution in [3.63, 3.8) is 0 Å². The number of carbonyl (C=O) groups is 2. The minimum Gasteiger partial charge on any atom is -0.497 e. The highest BCUT2D eigenvalue weighted by atomic mass is 16.5. The molecule has 3 rings (SSSR count). The zero-order valence-electron chi connectivity index (χ0n) is 18.6. The Balaban J connectivity index is 1.56. The van der Waals surface area contributed by atoms with Gasteiger partial charge in [-0.1, -0.05) is 32.0 Å². The fourth-order valence-electron chi connectivity index (χ4n) is 3.31. The molecular formula is C26H28N2O4. The largest absolute Gasteiger partial charge is 0.497 e. The van der Waals surface area contributed by atoms with Gasteiger partial charge in [-0.3, -0.25) is 9.59 Å². The topological polar surface area (TPSA) is 76.7 Å². The molecule has 0 aliphatic heterocycles. The van der Waals surface area contributed by atoms with Crippen molar-refractivity contribution in [2.75, 3.05) is 24.4 Å². The molecule has 0 saturated heterocycles. The van der Waals surface area contributed by atoms with Gasteiger partial charge in [0, 0.05) is 16.9 Å². The molecule has 0 unspecified atom stereocenters. The summed E-state index contributed by atoms with van der Waals surface area (Å²) in [5.74, 6) is 0.770. The van der Waals surface area contributed by atoms with Crippen molar-refractivity contribution in [3.05, 3.63) is 83.4 Å². The molecule has 0 aliphatic carbocycles. The van der Waals surface area contributed by atoms with Crippen LogP contribution in [0, 0.1) is 0 Å². The summed E-state index contributed by atoms with van der Waals surface area (Å²) < 4.78 is 10.6. The standard InChI is InChI=1S/C26H28N2O4/c1-4-18-7-6-8-19(5-2)25(18)28-26(30)20-9-13-23(14-10-20)32-17-24(29)27-21-11-15-22(31-3)16-12-21/h6-16H,4-5,17H2,1-3H3,(H,27,29)(H,28,30). The number of ether oxygens (including phenoxy) is 2. The van der Waals surface area contributed by atoms with E-state index in [0.717, 1.165) is 29.7 Å². The Hall–Kier alpha value is -3.80. The first kappa shape index (κ1) is 22.9. The fraction of sp³-hybridized carbons (Fsp3) is 0.231. The smallest absolute Gasteiger partial charge is 0.262 e. The van der Waals surface area contributed by atoms with Crippen molar-refractivity contribution in [1.29, 1.82) is 0 Å². The molecular weight excluding hydrogens is 404 g/mol. The van der Waals surface area contributed by atoms with Crippen LogP contribution in [0.15, 0.2) is 66.7 Å². The van der Waals surface area contributed by atoms with E-state index in [0.29, 0.717) is 22.7 Å². The SMILES string of the molecule is CCc1cccc(CC)c1NC(=O)c1ccc(OCC(=O)Nc2ccc(OC)cc2)cc1. The third-order valence-electron chi connectivity index (χ3n) is 5.10. The number of rotatable bonds is 9. The number of benzene rings is 3. The quantitative estimate of drug-likeness (QED) is 0.494. The number of hydrogen-bond donors (Lipinski definition) is 2. The molecule has 2 N–H and O–H groups in total. The molecule has 0 saturated carbocycles. The minimum atomic E-state index is -0.278. The molecule has 6 heteroatoms. The highest BCUT2D eigenvalue weighted by Gasteiger charge is 2.12. The maximum Gasteiger partial charge on any atom is 0.262 e. The average Bonchev–Trinajstić information content (AvgIpc) is 2.83. The lowest BCUT2D eigenvalue weighted by Gasteiger charge is -2.14. The Morgan fingerprint density at radius 1 is 0.781 bits per heavy atom. The Morgan fingerprint density at radius 3 is 1.94 bits per heavy atom. The van der Waals surface area contributed by atoms with Crippen LogP contribution < -0.4 is 20.1 Å². The van der Waals surface area contributed by atoms with Gasteiger partial charge in [0.15, 0.2) is 6.61 Å². The van der Waals surface area contributed by atoms with Crippen LogP contribution in [0.4, 0.5) is 11.4 Å². The van der Waals surface area contributed by atoms with E-state index in [1.54, 1.807) is 55.6 Å². The van der Waals surface area contributed by atoms with E-state index in [-0.39, 0.29) is 18.4 Å². The first-order chi connectivity index (χ1) is 15.5. The lowest BCUT2D eigenvalue weighted by Crippen LogP contribution is -2.20. The van der Waals surface area contributed by atoms with Crippen molar-refractivity contribution in [2.24, 2.45) is 0 Å². The highest BCUT2D eigenvalue weighted by Crippen LogP contribution is 2.24. The Bertz CT molecular complexity index is 1040. The van der Waals surface area contributed by atoms with Gasteiger partial charge in [0.1, 0.15) is 11.5 Å². The summed E-state index contributed by atoms with van der Waals surface area (Å²) in [6.07, 6.45) is 1.68. The molecule has 166 valence electrons. The van der Waals surface area contributed by atoms with Gasteiger partial charge in [0.2, 0.25) is 0 Å². The van der Waals surface area contributed by atoms with Crippen molar-refractivity contribution in [1.82, 2.24) is 0 Å². The van der Waals surface area contributed by atoms with E-state index < -0.39 is 0 Å². The molecule has 2 amide bonds. The highest BCUT2D eigenvalue weighted by molar-refractivity contribution is 6.05. The van der Waals surface area contributed by atoms with Crippen molar-refractivity contribution >= 4 is 23.2 Å². The first-order valence-electron chi connectivity index (χ1n) is 10.6. The zero-order valence-corrected chi connectivity index (χ0v) is 18.6. The molecule has 6 nitrogen and oxygen atoms in total. The van der Waals surface area contributed by atoms with E-state index >= 15 is 0 Å². The second kappa shape index (κ2) is 11.0. The van der Waals surface area contributed by atoms with Crippen LogP contribution in [0.1, 0.15) is 35.3 Å². The molecule has 0 aliphatic rings. The molecule has 0 atom stereocenters. The first-order valence-corrected chi connectivity index (χ1v) is 10.6. The fourth-order valence-corrected chi connectivity index (χ4v) is 3.31. The third kappa shape index (κ3) is 5.88. The summed E-state index contributed by atoms with van der Waals surface area (Å²) in [5, 5.41) is 5.81. The van der Waals surface area contributed by atoms with Crippen LogP contribution in [0.5, 0.6) is 11.5 Å². The van der Waals surface area contributed by atoms with Gasteiger partial charge in [0.25, 0.3) is 11.8 Å². The number of methoxy groups -OCH3 is 1. The van der Waals surface area contributed by atoms with E-state index in [2.05, 4.69) is 24.5 Å². The lowest BCUT2D eigenvalue weighted by molar-refractivity contribution is -0.118. The summed E-state index contributed by atoms with van der Waals surface area (Å²) in [7, 11) is 1.59. The molecule has 3 aromatic carbocycles. The van der Waals surface area contributed by atoms with Crippen LogP contribution in [-0.4, -0.2) is 25.5 Å². The molecule has 0 bridgehead atoms. The van der Waals surface area contributed by atoms with Gasteiger partial charge in [-0.2, -0.15) is 0 Å². The Kier molecular flexibility index (Phi) is 7.86. The number of carbonyl (C=O) groups excluding carboxylic acids is 2. The number of amides is 2. The van der Waals surface area contributed by atoms with E-state index in [1.807, 2.05) is 18.2 Å². The summed E-state index contributed by atoms with van der Waals surface area (Å²) in [5.41, 5.74) is 4.29. The number of hydrogen-bond acceptors (Lipinski definition) is 4. The molecule has 3 aromatic rings. The molecule has 32 heavy (non-hydrogen) atoms. The second-order valence-electron chi connectivity index (χ2n) is 7.20. The van der Waals surface area contributed by atoms with E-state index in [4.69, 9.17) is 9.47 Å². The number of para-hydroxylation sites is 1. The van der Waals surface area contributed by atoms with Crippen LogP contribution >= 0.6 is 0 Å². The molecule has 0 spiro atoms. The predicted molar refractivity (Wildman–Crippen MR) is 127 cm³/mol. The Labute approximate surface area is 188 Å². The van der Waals surface area contributed by atoms with Crippen molar-refractivity contribution in [3.8, 4) is 11.5 Å². The second-order valence-corrected chi connectivity index (χ2v) is 7.20. The van der Waals surface area contributed by atoms with Crippen LogP contribution in [-0.2, 0) is 17.6 Å². The monoisotopic (exact) mass is 432 g/mol. The minimum absolute atomic E-state index is 0.138. The van der Waals surface area contributed by atoms with Gasteiger partial charge >= 0.3 is 0 Å². The number of nitrogens with one attached hydrogen (secondary N) is 2. The summed E-state index contributed by atoms with van der Waals surface area (Å²) in [6.45, 7) is 4.00. The van der Waals surface area contributed by atoms with Crippen molar-refractivity contribution in [2.45, 2.75) is 26.7 Å². The van der Waals surface area contributed by atoms with Crippen LogP contribution in [0.3, 0.4) is 0 Å². The molecule has 0 heterocycles. The zero-order chi connectivity index (χ0) is 22.9. The third-order valence-corrected chi connectivity index (χ3v) is 5.10. The van der Waals surface area contributed by atoms with Crippen molar-refractivity contribution < 1.29 is 19.1 Å². The predicted octanol–water partition coefficient (Wildman–Crippen LogP) is 5.09. The van der Waals surface area contributed by atoms with E-state index in [1.165, 1.54) is 0 Å². The van der Waals surface area contributed by atoms with Gasteiger partial charge in [-0.05, 0) is 72.5 Å². The summed E-state index contributed by atoms with van der Waals surface area (Å²) in [4.78, 5) is 24.9. The van der Waals surface area contributed by atoms with Gasteiger partial charge in [-0.15, -0.1) is 0 Å².